The average Bonchev–Trinajstić information content (AvgIpc) is 2.64. The fraction of sp³-hybridized carbons (Fsp3) is 0.667. The van der Waals surface area contributed by atoms with E-state index in [4.69, 9.17) is 0 Å². The third-order valence-corrected chi connectivity index (χ3v) is 5.20. The highest BCUT2D eigenvalue weighted by Gasteiger charge is 2.11. The Morgan fingerprint density at radius 3 is 2.30 bits per heavy atom. The maximum Gasteiger partial charge on any atom is 0.191 e. The SMILES string of the molecule is CCCN(CCC)CCCNC(=NCc1cc(F)ccc1CS(C)(=O)=O)NCC.I. The van der Waals surface area contributed by atoms with E-state index in [2.05, 4.69) is 34.4 Å². The van der Waals surface area contributed by atoms with Crippen LogP contribution >= 0.6 is 24.0 Å². The Morgan fingerprint density at radius 2 is 1.73 bits per heavy atom. The van der Waals surface area contributed by atoms with Gasteiger partial charge < -0.3 is 15.5 Å². The van der Waals surface area contributed by atoms with Gasteiger partial charge in [0, 0.05) is 19.3 Å². The van der Waals surface area contributed by atoms with Crippen LogP contribution in [-0.4, -0.2) is 58.3 Å². The van der Waals surface area contributed by atoms with Crippen LogP contribution in [0.5, 0.6) is 0 Å². The normalized spacial score (nSPS) is 12.0. The predicted molar refractivity (Wildman–Crippen MR) is 135 cm³/mol. The second-order valence-electron chi connectivity index (χ2n) is 7.30. The first-order valence-corrected chi connectivity index (χ1v) is 12.5. The largest absolute Gasteiger partial charge is 0.357 e. The summed E-state index contributed by atoms with van der Waals surface area (Å²) in [5.41, 5.74) is 1.17. The lowest BCUT2D eigenvalue weighted by atomic mass is 10.1. The molecule has 0 heterocycles. The van der Waals surface area contributed by atoms with Gasteiger partial charge >= 0.3 is 0 Å². The molecule has 174 valence electrons. The van der Waals surface area contributed by atoms with Gasteiger partial charge in [0.25, 0.3) is 0 Å². The second kappa shape index (κ2) is 15.8. The fourth-order valence-corrected chi connectivity index (χ4v) is 3.99. The Hall–Kier alpha value is -0.940. The standard InChI is InChI=1S/C21H37FN4O2S.HI/c1-5-12-26(13-6-2)14-8-11-24-21(23-7-3)25-16-19-15-20(22)10-9-18(19)17-29(4,27)28;/h9-10,15H,5-8,11-14,16-17H2,1-4H3,(H2,23,24,25);1H. The van der Waals surface area contributed by atoms with Crippen molar-refractivity contribution in [3.8, 4) is 0 Å². The molecule has 0 aromatic heterocycles. The van der Waals surface area contributed by atoms with Gasteiger partial charge in [-0.3, -0.25) is 0 Å². The van der Waals surface area contributed by atoms with E-state index in [0.717, 1.165) is 45.4 Å². The number of benzene rings is 1. The molecule has 9 heteroatoms. The summed E-state index contributed by atoms with van der Waals surface area (Å²) < 4.78 is 37.0. The monoisotopic (exact) mass is 556 g/mol. The molecule has 0 saturated heterocycles. The fourth-order valence-electron chi connectivity index (χ4n) is 3.15. The minimum Gasteiger partial charge on any atom is -0.357 e. The average molecular weight is 557 g/mol. The summed E-state index contributed by atoms with van der Waals surface area (Å²) >= 11 is 0. The predicted octanol–water partition coefficient (Wildman–Crippen LogP) is 3.56. The number of nitrogens with zero attached hydrogens (tertiary/aromatic N) is 2. The molecule has 1 aromatic rings. The second-order valence-corrected chi connectivity index (χ2v) is 9.44. The number of aliphatic imine (C=N–C) groups is 1. The van der Waals surface area contributed by atoms with Crippen LogP contribution in [0.2, 0.25) is 0 Å². The van der Waals surface area contributed by atoms with Gasteiger partial charge in [0.15, 0.2) is 15.8 Å². The van der Waals surface area contributed by atoms with Crippen molar-refractivity contribution in [1.29, 1.82) is 0 Å². The molecule has 0 unspecified atom stereocenters. The highest BCUT2D eigenvalue weighted by Crippen LogP contribution is 2.15. The smallest absolute Gasteiger partial charge is 0.191 e. The molecule has 30 heavy (non-hydrogen) atoms. The van der Waals surface area contributed by atoms with Crippen LogP contribution < -0.4 is 10.6 Å². The van der Waals surface area contributed by atoms with Gasteiger partial charge in [0.05, 0.1) is 12.3 Å². The summed E-state index contributed by atoms with van der Waals surface area (Å²) in [6, 6.07) is 4.17. The number of hydrogen-bond donors (Lipinski definition) is 2. The van der Waals surface area contributed by atoms with Crippen LogP contribution in [0, 0.1) is 5.82 Å². The first-order chi connectivity index (χ1) is 13.8. The summed E-state index contributed by atoms with van der Waals surface area (Å²) in [6.07, 6.45) is 4.49. The van der Waals surface area contributed by atoms with Crippen LogP contribution in [0.25, 0.3) is 0 Å². The summed E-state index contributed by atoms with van der Waals surface area (Å²) in [7, 11) is -3.20. The quantitative estimate of drug-likeness (QED) is 0.168. The van der Waals surface area contributed by atoms with Crippen molar-refractivity contribution in [2.24, 2.45) is 4.99 Å². The molecule has 6 nitrogen and oxygen atoms in total. The molecule has 0 fully saturated rings. The van der Waals surface area contributed by atoms with Crippen LogP contribution in [0.1, 0.15) is 51.2 Å². The van der Waals surface area contributed by atoms with Gasteiger partial charge in [-0.2, -0.15) is 0 Å². The highest BCUT2D eigenvalue weighted by molar-refractivity contribution is 14.0. The minimum atomic E-state index is -3.20. The lowest BCUT2D eigenvalue weighted by molar-refractivity contribution is 0.271. The van der Waals surface area contributed by atoms with E-state index in [0.29, 0.717) is 23.6 Å². The van der Waals surface area contributed by atoms with E-state index in [1.165, 1.54) is 24.5 Å². The third kappa shape index (κ3) is 12.7. The lowest BCUT2D eigenvalue weighted by Gasteiger charge is -2.21. The van der Waals surface area contributed by atoms with Crippen molar-refractivity contribution in [2.75, 3.05) is 39.0 Å². The van der Waals surface area contributed by atoms with Gasteiger partial charge in [-0.1, -0.05) is 19.9 Å². The summed E-state index contributed by atoms with van der Waals surface area (Å²) in [4.78, 5) is 6.99. The molecule has 0 atom stereocenters. The topological polar surface area (TPSA) is 73.8 Å². The Kier molecular flexibility index (Phi) is 15.3. The molecule has 0 spiro atoms. The molecule has 0 aliphatic carbocycles. The first-order valence-electron chi connectivity index (χ1n) is 10.5. The Labute approximate surface area is 199 Å². The van der Waals surface area contributed by atoms with E-state index in [-0.39, 0.29) is 36.3 Å². The Morgan fingerprint density at radius 1 is 1.07 bits per heavy atom. The van der Waals surface area contributed by atoms with Crippen molar-refractivity contribution in [2.45, 2.75) is 52.3 Å². The molecule has 0 aliphatic rings. The number of rotatable bonds is 13. The van der Waals surface area contributed by atoms with Gasteiger partial charge in [-0.25, -0.2) is 17.8 Å². The minimum absolute atomic E-state index is 0. The molecule has 2 N–H and O–H groups in total. The molecule has 0 saturated carbocycles. The van der Waals surface area contributed by atoms with Crippen LogP contribution in [-0.2, 0) is 22.1 Å². The van der Waals surface area contributed by atoms with Crippen molar-refractivity contribution < 1.29 is 12.8 Å². The maximum absolute atomic E-state index is 13.7. The zero-order valence-corrected chi connectivity index (χ0v) is 21.9. The molecule has 1 rings (SSSR count). The van der Waals surface area contributed by atoms with Gasteiger partial charge in [0.1, 0.15) is 5.82 Å². The molecular formula is C21H38FIN4O2S. The molecule has 0 radical (unpaired) electrons. The van der Waals surface area contributed by atoms with E-state index in [9.17, 15) is 12.8 Å². The maximum atomic E-state index is 13.7. The van der Waals surface area contributed by atoms with Crippen molar-refractivity contribution in [3.63, 3.8) is 0 Å². The number of sulfone groups is 1. The van der Waals surface area contributed by atoms with Crippen molar-refractivity contribution in [1.82, 2.24) is 15.5 Å². The van der Waals surface area contributed by atoms with Crippen LogP contribution in [0.3, 0.4) is 0 Å². The Bertz CT molecular complexity index is 739. The van der Waals surface area contributed by atoms with Crippen LogP contribution in [0.4, 0.5) is 4.39 Å². The Balaban J connectivity index is 0.00000841. The molecule has 0 bridgehead atoms. The zero-order valence-electron chi connectivity index (χ0n) is 18.7. The van der Waals surface area contributed by atoms with E-state index < -0.39 is 15.7 Å². The molecule has 1 aromatic carbocycles. The number of halogens is 2. The summed E-state index contributed by atoms with van der Waals surface area (Å²) in [6.45, 7) is 11.4. The van der Waals surface area contributed by atoms with Gasteiger partial charge in [-0.15, -0.1) is 24.0 Å². The number of hydrogen-bond acceptors (Lipinski definition) is 4. The molecule has 0 amide bonds. The lowest BCUT2D eigenvalue weighted by Crippen LogP contribution is -2.39. The van der Waals surface area contributed by atoms with E-state index in [1.807, 2.05) is 6.92 Å². The highest BCUT2D eigenvalue weighted by atomic mass is 127. The third-order valence-electron chi connectivity index (χ3n) is 4.36. The van der Waals surface area contributed by atoms with E-state index >= 15 is 0 Å². The van der Waals surface area contributed by atoms with Gasteiger partial charge in [-0.05, 0) is 69.1 Å². The van der Waals surface area contributed by atoms with E-state index in [1.54, 1.807) is 0 Å². The molecule has 0 aliphatic heterocycles. The summed E-state index contributed by atoms with van der Waals surface area (Å²) in [5, 5.41) is 6.50. The molecular weight excluding hydrogens is 518 g/mol. The number of guanidine groups is 1. The zero-order chi connectivity index (χ0) is 21.7. The first kappa shape index (κ1) is 29.1. The van der Waals surface area contributed by atoms with Crippen LogP contribution in [0.15, 0.2) is 23.2 Å². The summed E-state index contributed by atoms with van der Waals surface area (Å²) in [5.74, 6) is 0.143. The van der Waals surface area contributed by atoms with Gasteiger partial charge in [0.2, 0.25) is 0 Å². The van der Waals surface area contributed by atoms with Crippen molar-refractivity contribution >= 4 is 39.8 Å². The van der Waals surface area contributed by atoms with Crippen molar-refractivity contribution in [3.05, 3.63) is 35.1 Å². The number of nitrogens with one attached hydrogen (secondary N) is 2.